The zero-order valence-corrected chi connectivity index (χ0v) is 11.4. The SMILES string of the molecule is CCC(C)(NC(C)Oc1ccccc1)OC(C)=O. The minimum absolute atomic E-state index is 0.253. The molecular weight excluding hydrogens is 230 g/mol. The molecule has 0 saturated heterocycles. The van der Waals surface area contributed by atoms with E-state index in [1.54, 1.807) is 0 Å². The van der Waals surface area contributed by atoms with Crippen molar-refractivity contribution in [2.75, 3.05) is 0 Å². The molecule has 4 heteroatoms. The highest BCUT2D eigenvalue weighted by molar-refractivity contribution is 5.66. The lowest BCUT2D eigenvalue weighted by Crippen LogP contribution is -2.51. The van der Waals surface area contributed by atoms with E-state index in [0.717, 1.165) is 5.75 Å². The maximum absolute atomic E-state index is 11.1. The van der Waals surface area contributed by atoms with Crippen molar-refractivity contribution >= 4 is 5.97 Å². The fourth-order valence-electron chi connectivity index (χ4n) is 1.68. The average Bonchev–Trinajstić information content (AvgIpc) is 2.28. The Kier molecular flexibility index (Phi) is 5.16. The second-order valence-electron chi connectivity index (χ2n) is 4.40. The Bertz CT molecular complexity index is 380. The summed E-state index contributed by atoms with van der Waals surface area (Å²) in [5, 5.41) is 3.16. The molecule has 0 heterocycles. The summed E-state index contributed by atoms with van der Waals surface area (Å²) in [6.07, 6.45) is 0.409. The van der Waals surface area contributed by atoms with Crippen LogP contribution >= 0.6 is 0 Å². The number of nitrogens with one attached hydrogen (secondary N) is 1. The number of rotatable bonds is 6. The van der Waals surface area contributed by atoms with Crippen molar-refractivity contribution < 1.29 is 14.3 Å². The largest absolute Gasteiger partial charge is 0.476 e. The standard InChI is InChI=1S/C14H21NO3/c1-5-14(4,18-12(3)16)15-11(2)17-13-9-7-6-8-10-13/h6-11,15H,5H2,1-4H3. The van der Waals surface area contributed by atoms with E-state index in [1.807, 2.05) is 51.1 Å². The highest BCUT2D eigenvalue weighted by atomic mass is 16.6. The van der Waals surface area contributed by atoms with Gasteiger partial charge in [0.25, 0.3) is 0 Å². The van der Waals surface area contributed by atoms with Gasteiger partial charge in [-0.1, -0.05) is 25.1 Å². The Balaban J connectivity index is 2.57. The quantitative estimate of drug-likeness (QED) is 0.624. The van der Waals surface area contributed by atoms with Gasteiger partial charge in [0.05, 0.1) is 0 Å². The van der Waals surface area contributed by atoms with E-state index in [2.05, 4.69) is 5.32 Å². The third-order valence-electron chi connectivity index (χ3n) is 2.61. The first-order valence-corrected chi connectivity index (χ1v) is 6.14. The third kappa shape index (κ3) is 4.75. The fraction of sp³-hybridized carbons (Fsp3) is 0.500. The minimum atomic E-state index is -0.708. The summed E-state index contributed by atoms with van der Waals surface area (Å²) in [4.78, 5) is 11.1. The summed E-state index contributed by atoms with van der Waals surface area (Å²) in [5.74, 6) is 0.470. The fourth-order valence-corrected chi connectivity index (χ4v) is 1.68. The molecule has 1 aromatic carbocycles. The number of hydrogen-bond acceptors (Lipinski definition) is 4. The molecule has 0 spiro atoms. The maximum Gasteiger partial charge on any atom is 0.304 e. The molecule has 1 N–H and O–H groups in total. The van der Waals surface area contributed by atoms with E-state index < -0.39 is 5.72 Å². The van der Waals surface area contributed by atoms with Gasteiger partial charge >= 0.3 is 5.97 Å². The molecule has 1 aromatic rings. The van der Waals surface area contributed by atoms with Crippen molar-refractivity contribution in [3.8, 4) is 5.75 Å². The van der Waals surface area contributed by atoms with Crippen LogP contribution in [0.3, 0.4) is 0 Å². The molecule has 0 aliphatic heterocycles. The van der Waals surface area contributed by atoms with E-state index in [4.69, 9.17) is 9.47 Å². The van der Waals surface area contributed by atoms with Crippen LogP contribution in [0.5, 0.6) is 5.75 Å². The predicted octanol–water partition coefficient (Wildman–Crippen LogP) is 2.69. The van der Waals surface area contributed by atoms with Crippen molar-refractivity contribution in [3.05, 3.63) is 30.3 Å². The Morgan fingerprint density at radius 2 is 2.00 bits per heavy atom. The molecule has 0 aliphatic rings. The van der Waals surface area contributed by atoms with Gasteiger partial charge in [0.2, 0.25) is 0 Å². The van der Waals surface area contributed by atoms with Crippen molar-refractivity contribution in [1.82, 2.24) is 5.32 Å². The zero-order chi connectivity index (χ0) is 13.6. The van der Waals surface area contributed by atoms with Crippen molar-refractivity contribution in [1.29, 1.82) is 0 Å². The van der Waals surface area contributed by atoms with E-state index in [0.29, 0.717) is 6.42 Å². The maximum atomic E-state index is 11.1. The molecule has 18 heavy (non-hydrogen) atoms. The molecule has 1 rings (SSSR count). The summed E-state index contributed by atoms with van der Waals surface area (Å²) in [5.41, 5.74) is -0.708. The van der Waals surface area contributed by atoms with Crippen LogP contribution < -0.4 is 10.1 Å². The first kappa shape index (κ1) is 14.5. The number of benzene rings is 1. The van der Waals surface area contributed by atoms with Crippen molar-refractivity contribution in [3.63, 3.8) is 0 Å². The zero-order valence-electron chi connectivity index (χ0n) is 11.4. The molecular formula is C14H21NO3. The van der Waals surface area contributed by atoms with Gasteiger partial charge in [0.1, 0.15) is 12.0 Å². The Morgan fingerprint density at radius 1 is 1.39 bits per heavy atom. The topological polar surface area (TPSA) is 47.6 Å². The van der Waals surface area contributed by atoms with Gasteiger partial charge < -0.3 is 9.47 Å². The molecule has 2 unspecified atom stereocenters. The molecule has 0 aliphatic carbocycles. The van der Waals surface area contributed by atoms with E-state index in [1.165, 1.54) is 6.92 Å². The number of esters is 1. The first-order chi connectivity index (χ1) is 8.45. The Labute approximate surface area is 108 Å². The highest BCUT2D eigenvalue weighted by Crippen LogP contribution is 2.15. The summed E-state index contributed by atoms with van der Waals surface area (Å²) >= 11 is 0. The smallest absolute Gasteiger partial charge is 0.304 e. The van der Waals surface area contributed by atoms with Gasteiger partial charge in [-0.05, 0) is 32.4 Å². The highest BCUT2D eigenvalue weighted by Gasteiger charge is 2.27. The summed E-state index contributed by atoms with van der Waals surface area (Å²) < 4.78 is 11.0. The lowest BCUT2D eigenvalue weighted by molar-refractivity contribution is -0.162. The number of hydrogen-bond donors (Lipinski definition) is 1. The molecule has 2 atom stereocenters. The lowest BCUT2D eigenvalue weighted by atomic mass is 10.2. The minimum Gasteiger partial charge on any atom is -0.476 e. The molecule has 100 valence electrons. The molecule has 0 radical (unpaired) electrons. The molecule has 4 nitrogen and oxygen atoms in total. The van der Waals surface area contributed by atoms with Crippen molar-refractivity contribution in [2.45, 2.75) is 46.1 Å². The summed E-state index contributed by atoms with van der Waals surface area (Å²) in [7, 11) is 0. The van der Waals surface area contributed by atoms with Gasteiger partial charge in [0, 0.05) is 6.92 Å². The van der Waals surface area contributed by atoms with Crippen LogP contribution in [0.15, 0.2) is 30.3 Å². The third-order valence-corrected chi connectivity index (χ3v) is 2.61. The second kappa shape index (κ2) is 6.40. The number of ether oxygens (including phenoxy) is 2. The van der Waals surface area contributed by atoms with Gasteiger partial charge in [-0.25, -0.2) is 5.32 Å². The number of carbonyl (C=O) groups excluding carboxylic acids is 1. The van der Waals surface area contributed by atoms with Crippen molar-refractivity contribution in [2.24, 2.45) is 0 Å². The molecule has 0 fully saturated rings. The van der Waals surface area contributed by atoms with Gasteiger partial charge in [-0.15, -0.1) is 0 Å². The molecule has 0 aromatic heterocycles. The Morgan fingerprint density at radius 3 is 2.50 bits per heavy atom. The molecule has 0 amide bonds. The predicted molar refractivity (Wildman–Crippen MR) is 70.1 cm³/mol. The van der Waals surface area contributed by atoms with Crippen LogP contribution in [0.1, 0.15) is 34.1 Å². The van der Waals surface area contributed by atoms with Crippen LogP contribution in [-0.2, 0) is 9.53 Å². The lowest BCUT2D eigenvalue weighted by Gasteiger charge is -2.32. The number of para-hydroxylation sites is 1. The molecule has 0 bridgehead atoms. The van der Waals surface area contributed by atoms with E-state index >= 15 is 0 Å². The number of carbonyl (C=O) groups is 1. The first-order valence-electron chi connectivity index (χ1n) is 6.14. The van der Waals surface area contributed by atoms with E-state index in [9.17, 15) is 4.79 Å². The summed E-state index contributed by atoms with van der Waals surface area (Å²) in [6.45, 7) is 7.06. The second-order valence-corrected chi connectivity index (χ2v) is 4.40. The van der Waals surface area contributed by atoms with E-state index in [-0.39, 0.29) is 12.2 Å². The van der Waals surface area contributed by atoms with Crippen LogP contribution in [0, 0.1) is 0 Å². The van der Waals surface area contributed by atoms with Gasteiger partial charge in [-0.2, -0.15) is 0 Å². The van der Waals surface area contributed by atoms with Crippen LogP contribution in [0.4, 0.5) is 0 Å². The van der Waals surface area contributed by atoms with Crippen LogP contribution in [-0.4, -0.2) is 17.9 Å². The normalized spacial score (nSPS) is 15.6. The Hall–Kier alpha value is -1.55. The monoisotopic (exact) mass is 251 g/mol. The molecule has 0 saturated carbocycles. The van der Waals surface area contributed by atoms with Crippen LogP contribution in [0.25, 0.3) is 0 Å². The van der Waals surface area contributed by atoms with Gasteiger partial charge in [-0.3, -0.25) is 4.79 Å². The van der Waals surface area contributed by atoms with Crippen LogP contribution in [0.2, 0.25) is 0 Å². The average molecular weight is 251 g/mol. The van der Waals surface area contributed by atoms with Gasteiger partial charge in [0.15, 0.2) is 5.72 Å². The summed E-state index contributed by atoms with van der Waals surface area (Å²) in [6, 6.07) is 9.51.